The zero-order valence-electron chi connectivity index (χ0n) is 16.2. The maximum absolute atomic E-state index is 13.2. The topological polar surface area (TPSA) is 53.5 Å². The molecule has 2 fully saturated rings. The minimum Gasteiger partial charge on any atom is -0.339 e. The van der Waals surface area contributed by atoms with Gasteiger partial charge in [0.2, 0.25) is 5.91 Å². The van der Waals surface area contributed by atoms with Gasteiger partial charge in [-0.25, -0.2) is 4.98 Å². The van der Waals surface area contributed by atoms with Gasteiger partial charge in [-0.2, -0.15) is 0 Å². The van der Waals surface area contributed by atoms with E-state index in [4.69, 9.17) is 0 Å². The number of hydrogen-bond acceptors (Lipinski definition) is 4. The van der Waals surface area contributed by atoms with E-state index in [0.717, 1.165) is 40.1 Å². The van der Waals surface area contributed by atoms with E-state index in [-0.39, 0.29) is 17.7 Å². The third-order valence-electron chi connectivity index (χ3n) is 5.62. The standard InChI is InChI=1S/C22H24BrN3O2S/c23-17-9-10-20(24-15-17)29-19-8-4-3-7-18(19)22(28)26-13-11-25(12-14-26)21(27)16-5-1-2-6-16/h3-4,7-10,15-16H,1-2,5-6,11-14H2. The number of pyridine rings is 1. The van der Waals surface area contributed by atoms with E-state index in [2.05, 4.69) is 20.9 Å². The first-order chi connectivity index (χ1) is 14.1. The number of nitrogens with zero attached hydrogens (tertiary/aromatic N) is 3. The van der Waals surface area contributed by atoms with Crippen molar-refractivity contribution in [1.82, 2.24) is 14.8 Å². The van der Waals surface area contributed by atoms with Crippen LogP contribution in [0.4, 0.5) is 0 Å². The molecule has 1 aromatic carbocycles. The summed E-state index contributed by atoms with van der Waals surface area (Å²) >= 11 is 4.89. The van der Waals surface area contributed by atoms with Crippen LogP contribution < -0.4 is 0 Å². The van der Waals surface area contributed by atoms with Gasteiger partial charge in [-0.3, -0.25) is 9.59 Å². The van der Waals surface area contributed by atoms with E-state index < -0.39 is 0 Å². The molecule has 2 aliphatic rings. The van der Waals surface area contributed by atoms with Crippen LogP contribution in [-0.2, 0) is 4.79 Å². The number of rotatable bonds is 4. The summed E-state index contributed by atoms with van der Waals surface area (Å²) < 4.78 is 0.927. The molecule has 5 nitrogen and oxygen atoms in total. The van der Waals surface area contributed by atoms with Gasteiger partial charge < -0.3 is 9.80 Å². The molecule has 0 N–H and O–H groups in total. The molecule has 0 radical (unpaired) electrons. The van der Waals surface area contributed by atoms with Gasteiger partial charge in [-0.15, -0.1) is 0 Å². The summed E-state index contributed by atoms with van der Waals surface area (Å²) in [7, 11) is 0. The van der Waals surface area contributed by atoms with Crippen LogP contribution in [0, 0.1) is 5.92 Å². The number of halogens is 1. The van der Waals surface area contributed by atoms with Crippen molar-refractivity contribution in [3.8, 4) is 0 Å². The Labute approximate surface area is 184 Å². The summed E-state index contributed by atoms with van der Waals surface area (Å²) in [6, 6.07) is 11.5. The Hall–Kier alpha value is -1.86. The second-order valence-electron chi connectivity index (χ2n) is 7.51. The highest BCUT2D eigenvalue weighted by molar-refractivity contribution is 9.10. The molecular formula is C22H24BrN3O2S. The van der Waals surface area contributed by atoms with E-state index in [0.29, 0.717) is 31.7 Å². The molecule has 4 rings (SSSR count). The number of hydrogen-bond donors (Lipinski definition) is 0. The summed E-state index contributed by atoms with van der Waals surface area (Å²) in [5.74, 6) is 0.512. The highest BCUT2D eigenvalue weighted by Crippen LogP contribution is 2.31. The zero-order chi connectivity index (χ0) is 20.2. The van der Waals surface area contributed by atoms with Crippen LogP contribution >= 0.6 is 27.7 Å². The minimum atomic E-state index is 0.0261. The van der Waals surface area contributed by atoms with E-state index in [1.54, 1.807) is 6.20 Å². The molecule has 1 aliphatic heterocycles. The monoisotopic (exact) mass is 473 g/mol. The lowest BCUT2D eigenvalue weighted by atomic mass is 10.1. The summed E-state index contributed by atoms with van der Waals surface area (Å²) in [5, 5.41) is 0.848. The Kier molecular flexibility index (Phi) is 6.55. The number of benzene rings is 1. The van der Waals surface area contributed by atoms with E-state index >= 15 is 0 Å². The van der Waals surface area contributed by atoms with Crippen molar-refractivity contribution in [3.05, 3.63) is 52.6 Å². The lowest BCUT2D eigenvalue weighted by molar-refractivity contribution is -0.136. The highest BCUT2D eigenvalue weighted by atomic mass is 79.9. The minimum absolute atomic E-state index is 0.0261. The Morgan fingerprint density at radius 3 is 2.34 bits per heavy atom. The predicted molar refractivity (Wildman–Crippen MR) is 117 cm³/mol. The zero-order valence-corrected chi connectivity index (χ0v) is 18.6. The van der Waals surface area contributed by atoms with Gasteiger partial charge in [0.15, 0.2) is 0 Å². The van der Waals surface area contributed by atoms with Crippen molar-refractivity contribution < 1.29 is 9.59 Å². The van der Waals surface area contributed by atoms with Gasteiger partial charge in [0, 0.05) is 47.7 Å². The SMILES string of the molecule is O=C(c1ccccc1Sc1ccc(Br)cn1)N1CCN(C(=O)C2CCCC2)CC1. The Balaban J connectivity index is 1.41. The van der Waals surface area contributed by atoms with E-state index in [9.17, 15) is 9.59 Å². The number of aromatic nitrogens is 1. The van der Waals surface area contributed by atoms with E-state index in [1.165, 1.54) is 11.8 Å². The van der Waals surface area contributed by atoms with Gasteiger partial charge in [-0.05, 0) is 53.0 Å². The number of carbonyl (C=O) groups is 2. The van der Waals surface area contributed by atoms with Crippen molar-refractivity contribution >= 4 is 39.5 Å². The summed E-state index contributed by atoms with van der Waals surface area (Å²) in [6.45, 7) is 2.44. The Morgan fingerprint density at radius 2 is 1.66 bits per heavy atom. The van der Waals surface area contributed by atoms with Gasteiger partial charge in [-0.1, -0.05) is 36.7 Å². The molecule has 1 saturated carbocycles. The van der Waals surface area contributed by atoms with Crippen molar-refractivity contribution in [2.45, 2.75) is 35.6 Å². The van der Waals surface area contributed by atoms with Crippen LogP contribution in [0.3, 0.4) is 0 Å². The first-order valence-electron chi connectivity index (χ1n) is 10.1. The van der Waals surface area contributed by atoms with Crippen LogP contribution in [0.25, 0.3) is 0 Å². The molecule has 152 valence electrons. The fourth-order valence-electron chi connectivity index (χ4n) is 4.00. The van der Waals surface area contributed by atoms with Crippen molar-refractivity contribution in [2.24, 2.45) is 5.92 Å². The second-order valence-corrected chi connectivity index (χ2v) is 9.49. The Morgan fingerprint density at radius 1 is 0.966 bits per heavy atom. The first-order valence-corrected chi connectivity index (χ1v) is 11.7. The molecule has 2 aromatic rings. The van der Waals surface area contributed by atoms with E-state index in [1.807, 2.05) is 46.2 Å². The maximum Gasteiger partial charge on any atom is 0.255 e. The molecule has 1 saturated heterocycles. The largest absolute Gasteiger partial charge is 0.339 e. The first kappa shape index (κ1) is 20.4. The van der Waals surface area contributed by atoms with Crippen LogP contribution in [-0.4, -0.2) is 52.8 Å². The lowest BCUT2D eigenvalue weighted by Gasteiger charge is -2.36. The molecule has 1 aromatic heterocycles. The van der Waals surface area contributed by atoms with Crippen LogP contribution in [0.1, 0.15) is 36.0 Å². The average molecular weight is 474 g/mol. The quantitative estimate of drug-likeness (QED) is 0.656. The van der Waals surface area contributed by atoms with Crippen molar-refractivity contribution in [3.63, 3.8) is 0 Å². The molecular weight excluding hydrogens is 450 g/mol. The van der Waals surface area contributed by atoms with Gasteiger partial charge in [0.05, 0.1) is 5.56 Å². The van der Waals surface area contributed by atoms with Gasteiger partial charge in [0.25, 0.3) is 5.91 Å². The molecule has 0 unspecified atom stereocenters. The molecule has 1 aliphatic carbocycles. The average Bonchev–Trinajstić information content (AvgIpc) is 3.30. The molecule has 0 bridgehead atoms. The third kappa shape index (κ3) is 4.83. The Bertz CT molecular complexity index is 876. The molecule has 29 heavy (non-hydrogen) atoms. The van der Waals surface area contributed by atoms with Crippen molar-refractivity contribution in [2.75, 3.05) is 26.2 Å². The van der Waals surface area contributed by atoms with Crippen LogP contribution in [0.2, 0.25) is 0 Å². The molecule has 7 heteroatoms. The third-order valence-corrected chi connectivity index (χ3v) is 7.11. The highest BCUT2D eigenvalue weighted by Gasteiger charge is 2.31. The van der Waals surface area contributed by atoms with Gasteiger partial charge in [0.1, 0.15) is 5.03 Å². The predicted octanol–water partition coefficient (Wildman–Crippen LogP) is 4.47. The number of carbonyl (C=O) groups excluding carboxylic acids is 2. The summed E-state index contributed by atoms with van der Waals surface area (Å²) in [6.07, 6.45) is 6.12. The van der Waals surface area contributed by atoms with Crippen LogP contribution in [0.5, 0.6) is 0 Å². The smallest absolute Gasteiger partial charge is 0.255 e. The summed E-state index contributed by atoms with van der Waals surface area (Å²) in [4.78, 5) is 34.9. The maximum atomic E-state index is 13.2. The number of amides is 2. The lowest BCUT2D eigenvalue weighted by Crippen LogP contribution is -2.51. The summed E-state index contributed by atoms with van der Waals surface area (Å²) in [5.41, 5.74) is 0.692. The molecule has 2 heterocycles. The van der Waals surface area contributed by atoms with Crippen molar-refractivity contribution in [1.29, 1.82) is 0 Å². The van der Waals surface area contributed by atoms with Crippen LogP contribution in [0.15, 0.2) is 57.0 Å². The van der Waals surface area contributed by atoms with Gasteiger partial charge >= 0.3 is 0 Å². The molecule has 2 amide bonds. The molecule has 0 atom stereocenters. The number of piperazine rings is 1. The second kappa shape index (κ2) is 9.30. The fraction of sp³-hybridized carbons (Fsp3) is 0.409. The fourth-order valence-corrected chi connectivity index (χ4v) is 5.11. The normalized spacial score (nSPS) is 17.6. The molecule has 0 spiro atoms.